The van der Waals surface area contributed by atoms with E-state index in [0.717, 1.165) is 24.3 Å². The van der Waals surface area contributed by atoms with E-state index in [1.165, 1.54) is 38.8 Å². The molecule has 0 bridgehead atoms. The van der Waals surface area contributed by atoms with Crippen molar-refractivity contribution in [1.29, 1.82) is 0 Å². The van der Waals surface area contributed by atoms with Gasteiger partial charge in [0.15, 0.2) is 0 Å². The van der Waals surface area contributed by atoms with E-state index in [0.29, 0.717) is 11.6 Å². The predicted octanol–water partition coefficient (Wildman–Crippen LogP) is 2.76. The average Bonchev–Trinajstić information content (AvgIpc) is 2.98. The number of aromatic carboxylic acids is 1. The number of hydrogen-bond acceptors (Lipinski definition) is 3. The maximum Gasteiger partial charge on any atom is 0.336 e. The molecular formula is C17H24N2O2. The number of benzene rings is 1. The smallest absolute Gasteiger partial charge is 0.336 e. The number of rotatable bonds is 3. The minimum atomic E-state index is -0.832. The molecular weight excluding hydrogens is 264 g/mol. The van der Waals surface area contributed by atoms with Crippen molar-refractivity contribution in [1.82, 2.24) is 4.90 Å². The van der Waals surface area contributed by atoms with Crippen LogP contribution in [-0.2, 0) is 0 Å². The number of anilines is 1. The first-order valence-corrected chi connectivity index (χ1v) is 7.98. The summed E-state index contributed by atoms with van der Waals surface area (Å²) in [6.07, 6.45) is 5.21. The Kier molecular flexibility index (Phi) is 4.15. The molecule has 1 atom stereocenters. The van der Waals surface area contributed by atoms with Gasteiger partial charge < -0.3 is 10.0 Å². The largest absolute Gasteiger partial charge is 0.478 e. The lowest BCUT2D eigenvalue weighted by Crippen LogP contribution is -2.40. The van der Waals surface area contributed by atoms with Crippen LogP contribution >= 0.6 is 0 Å². The summed E-state index contributed by atoms with van der Waals surface area (Å²) in [7, 11) is 0. The molecule has 0 aromatic heterocycles. The van der Waals surface area contributed by atoms with Gasteiger partial charge in [-0.2, -0.15) is 0 Å². The fraction of sp³-hybridized carbons (Fsp3) is 0.588. The number of piperidine rings is 1. The summed E-state index contributed by atoms with van der Waals surface area (Å²) in [6.45, 7) is 6.37. The highest BCUT2D eigenvalue weighted by Gasteiger charge is 2.28. The third kappa shape index (κ3) is 3.05. The van der Waals surface area contributed by atoms with E-state index in [9.17, 15) is 9.90 Å². The van der Waals surface area contributed by atoms with Crippen molar-refractivity contribution in [2.45, 2.75) is 38.6 Å². The molecule has 1 aromatic rings. The normalized spacial score (nSPS) is 23.5. The lowest BCUT2D eigenvalue weighted by molar-refractivity contribution is 0.0696. The number of nitrogens with zero attached hydrogens (tertiary/aromatic N) is 2. The molecule has 0 amide bonds. The number of carboxylic acids is 1. The molecule has 114 valence electrons. The van der Waals surface area contributed by atoms with Gasteiger partial charge in [0.1, 0.15) is 0 Å². The van der Waals surface area contributed by atoms with Crippen LogP contribution in [0.5, 0.6) is 0 Å². The third-order valence-corrected chi connectivity index (χ3v) is 4.89. The minimum absolute atomic E-state index is 0.425. The topological polar surface area (TPSA) is 43.8 Å². The summed E-state index contributed by atoms with van der Waals surface area (Å²) in [5, 5.41) is 9.26. The molecule has 2 aliphatic heterocycles. The minimum Gasteiger partial charge on any atom is -0.478 e. The standard InChI is InChI=1S/C17H24N2O2/c1-13-5-6-14(11-16(13)17(20)21)19-10-7-15(12-19)18-8-3-2-4-9-18/h5-6,11,15H,2-4,7-10,12H2,1H3,(H,20,21). The first kappa shape index (κ1) is 14.4. The first-order valence-electron chi connectivity index (χ1n) is 7.98. The van der Waals surface area contributed by atoms with Gasteiger partial charge in [0, 0.05) is 24.8 Å². The number of aryl methyl sites for hydroxylation is 1. The summed E-state index contributed by atoms with van der Waals surface area (Å²) in [5.41, 5.74) is 2.31. The van der Waals surface area contributed by atoms with Gasteiger partial charge in [0.05, 0.1) is 5.56 Å². The highest BCUT2D eigenvalue weighted by Crippen LogP contribution is 2.26. The van der Waals surface area contributed by atoms with Crippen molar-refractivity contribution >= 4 is 11.7 Å². The zero-order valence-electron chi connectivity index (χ0n) is 12.7. The molecule has 2 saturated heterocycles. The molecule has 1 N–H and O–H groups in total. The Morgan fingerprint density at radius 2 is 1.95 bits per heavy atom. The number of likely N-dealkylation sites (tertiary alicyclic amines) is 1. The summed E-state index contributed by atoms with van der Waals surface area (Å²) in [6, 6.07) is 6.45. The maximum absolute atomic E-state index is 11.3. The second-order valence-electron chi connectivity index (χ2n) is 6.29. The van der Waals surface area contributed by atoms with Crippen LogP contribution in [0.3, 0.4) is 0 Å². The lowest BCUT2D eigenvalue weighted by atomic mass is 10.1. The highest BCUT2D eigenvalue weighted by atomic mass is 16.4. The molecule has 0 radical (unpaired) electrons. The van der Waals surface area contributed by atoms with Gasteiger partial charge in [-0.25, -0.2) is 4.79 Å². The van der Waals surface area contributed by atoms with E-state index in [1.807, 2.05) is 19.1 Å². The molecule has 0 saturated carbocycles. The van der Waals surface area contributed by atoms with Crippen LogP contribution in [0.25, 0.3) is 0 Å². The molecule has 0 aliphatic carbocycles. The predicted molar refractivity (Wildman–Crippen MR) is 84.2 cm³/mol. The van der Waals surface area contributed by atoms with E-state index in [4.69, 9.17) is 0 Å². The van der Waals surface area contributed by atoms with Crippen LogP contribution in [0.4, 0.5) is 5.69 Å². The van der Waals surface area contributed by atoms with Crippen molar-refractivity contribution in [3.05, 3.63) is 29.3 Å². The third-order valence-electron chi connectivity index (χ3n) is 4.89. The van der Waals surface area contributed by atoms with Crippen LogP contribution in [0.2, 0.25) is 0 Å². The maximum atomic E-state index is 11.3. The Labute approximate surface area is 126 Å². The van der Waals surface area contributed by atoms with Crippen molar-refractivity contribution in [2.75, 3.05) is 31.1 Å². The Bertz CT molecular complexity index is 524. The van der Waals surface area contributed by atoms with Gasteiger partial charge in [-0.1, -0.05) is 12.5 Å². The van der Waals surface area contributed by atoms with E-state index >= 15 is 0 Å². The Balaban J connectivity index is 1.71. The van der Waals surface area contributed by atoms with Gasteiger partial charge >= 0.3 is 5.97 Å². The number of hydrogen-bond donors (Lipinski definition) is 1. The van der Waals surface area contributed by atoms with Crippen LogP contribution in [0.15, 0.2) is 18.2 Å². The van der Waals surface area contributed by atoms with Gasteiger partial charge in [-0.05, 0) is 57.0 Å². The number of carbonyl (C=O) groups is 1. The molecule has 4 heteroatoms. The second-order valence-corrected chi connectivity index (χ2v) is 6.29. The Morgan fingerprint density at radius 1 is 1.19 bits per heavy atom. The summed E-state index contributed by atoms with van der Waals surface area (Å²) < 4.78 is 0. The molecule has 2 aliphatic rings. The summed E-state index contributed by atoms with van der Waals surface area (Å²) in [5.74, 6) is -0.832. The fourth-order valence-electron chi connectivity index (χ4n) is 3.59. The van der Waals surface area contributed by atoms with E-state index < -0.39 is 5.97 Å². The molecule has 1 unspecified atom stereocenters. The van der Waals surface area contributed by atoms with Crippen LogP contribution in [-0.4, -0.2) is 48.2 Å². The van der Waals surface area contributed by atoms with E-state index in [1.54, 1.807) is 0 Å². The second kappa shape index (κ2) is 6.06. The molecule has 1 aromatic carbocycles. The van der Waals surface area contributed by atoms with Gasteiger partial charge in [0.2, 0.25) is 0 Å². The first-order chi connectivity index (χ1) is 10.1. The molecule has 2 fully saturated rings. The van der Waals surface area contributed by atoms with E-state index in [-0.39, 0.29) is 0 Å². The molecule has 2 heterocycles. The quantitative estimate of drug-likeness (QED) is 0.929. The Hall–Kier alpha value is -1.55. The van der Waals surface area contributed by atoms with Crippen molar-refractivity contribution in [2.24, 2.45) is 0 Å². The summed E-state index contributed by atoms with van der Waals surface area (Å²) in [4.78, 5) is 16.2. The zero-order valence-corrected chi connectivity index (χ0v) is 12.7. The van der Waals surface area contributed by atoms with Crippen LogP contribution in [0, 0.1) is 6.92 Å². The van der Waals surface area contributed by atoms with Crippen LogP contribution in [0.1, 0.15) is 41.6 Å². The van der Waals surface area contributed by atoms with Crippen LogP contribution < -0.4 is 4.90 Å². The summed E-state index contributed by atoms with van der Waals surface area (Å²) >= 11 is 0. The monoisotopic (exact) mass is 288 g/mol. The van der Waals surface area contributed by atoms with Crippen molar-refractivity contribution < 1.29 is 9.90 Å². The van der Waals surface area contributed by atoms with E-state index in [2.05, 4.69) is 15.9 Å². The SMILES string of the molecule is Cc1ccc(N2CCC(N3CCCCC3)C2)cc1C(=O)O. The van der Waals surface area contributed by atoms with Crippen molar-refractivity contribution in [3.63, 3.8) is 0 Å². The van der Waals surface area contributed by atoms with Gasteiger partial charge in [-0.15, -0.1) is 0 Å². The zero-order chi connectivity index (χ0) is 14.8. The lowest BCUT2D eigenvalue weighted by Gasteiger charge is -2.32. The molecule has 4 nitrogen and oxygen atoms in total. The molecule has 0 spiro atoms. The Morgan fingerprint density at radius 3 is 2.67 bits per heavy atom. The van der Waals surface area contributed by atoms with Gasteiger partial charge in [0.25, 0.3) is 0 Å². The number of carboxylic acid groups (broad SMARTS) is 1. The molecule has 21 heavy (non-hydrogen) atoms. The van der Waals surface area contributed by atoms with Gasteiger partial charge in [-0.3, -0.25) is 4.90 Å². The average molecular weight is 288 g/mol. The highest BCUT2D eigenvalue weighted by molar-refractivity contribution is 5.90. The molecule has 3 rings (SSSR count). The van der Waals surface area contributed by atoms with Crippen molar-refractivity contribution in [3.8, 4) is 0 Å². The fourth-order valence-corrected chi connectivity index (χ4v) is 3.59.